The highest BCUT2D eigenvalue weighted by atomic mass is 16.5. The van der Waals surface area contributed by atoms with Gasteiger partial charge in [-0.05, 0) is 14.1 Å². The number of methoxy groups -OCH3 is 1. The Labute approximate surface area is 74.6 Å². The molecule has 0 aromatic rings. The molecule has 0 radical (unpaired) electrons. The van der Waals surface area contributed by atoms with E-state index in [-0.39, 0.29) is 5.60 Å². The molecule has 0 aliphatic carbocycles. The molecule has 1 aliphatic heterocycles. The molecule has 0 N–H and O–H groups in total. The van der Waals surface area contributed by atoms with E-state index < -0.39 is 0 Å². The zero-order valence-corrected chi connectivity index (χ0v) is 8.30. The van der Waals surface area contributed by atoms with E-state index in [4.69, 9.17) is 9.47 Å². The minimum atomic E-state index is 0.0434. The second kappa shape index (κ2) is 4.21. The highest BCUT2D eigenvalue weighted by molar-refractivity contribution is 4.85. The Morgan fingerprint density at radius 1 is 1.33 bits per heavy atom. The van der Waals surface area contributed by atoms with Crippen molar-refractivity contribution in [3.05, 3.63) is 0 Å². The topological polar surface area (TPSA) is 21.7 Å². The van der Waals surface area contributed by atoms with Crippen LogP contribution in [0.3, 0.4) is 0 Å². The Kier molecular flexibility index (Phi) is 3.50. The van der Waals surface area contributed by atoms with Crippen molar-refractivity contribution >= 4 is 0 Å². The minimum absolute atomic E-state index is 0.0434. The van der Waals surface area contributed by atoms with Crippen LogP contribution in [0.5, 0.6) is 0 Å². The van der Waals surface area contributed by atoms with Gasteiger partial charge in [-0.3, -0.25) is 0 Å². The van der Waals surface area contributed by atoms with Crippen LogP contribution in [0.2, 0.25) is 0 Å². The van der Waals surface area contributed by atoms with E-state index in [2.05, 4.69) is 19.0 Å². The van der Waals surface area contributed by atoms with Gasteiger partial charge < -0.3 is 14.4 Å². The molecule has 12 heavy (non-hydrogen) atoms. The first-order valence-electron chi connectivity index (χ1n) is 4.46. The smallest absolute Gasteiger partial charge is 0.0848 e. The van der Waals surface area contributed by atoms with Crippen molar-refractivity contribution < 1.29 is 9.47 Å². The third kappa shape index (κ3) is 2.44. The lowest BCUT2D eigenvalue weighted by Crippen LogP contribution is -2.46. The molecule has 1 saturated heterocycles. The van der Waals surface area contributed by atoms with Crippen molar-refractivity contribution in [3.8, 4) is 0 Å². The predicted octanol–water partition coefficient (Wildman–Crippen LogP) is 0.744. The third-order valence-corrected chi connectivity index (χ3v) is 2.44. The fourth-order valence-electron chi connectivity index (χ4n) is 1.75. The van der Waals surface area contributed by atoms with Gasteiger partial charge in [-0.25, -0.2) is 0 Å². The monoisotopic (exact) mass is 173 g/mol. The average Bonchev–Trinajstić information content (AvgIpc) is 2.05. The van der Waals surface area contributed by atoms with Crippen LogP contribution in [0.15, 0.2) is 0 Å². The van der Waals surface area contributed by atoms with Crippen LogP contribution < -0.4 is 0 Å². The summed E-state index contributed by atoms with van der Waals surface area (Å²) in [4.78, 5) is 2.18. The largest absolute Gasteiger partial charge is 0.381 e. The lowest BCUT2D eigenvalue weighted by Gasteiger charge is -2.37. The molecule has 0 unspecified atom stereocenters. The molecule has 3 nitrogen and oxygen atoms in total. The summed E-state index contributed by atoms with van der Waals surface area (Å²) < 4.78 is 10.9. The van der Waals surface area contributed by atoms with Gasteiger partial charge in [0.25, 0.3) is 0 Å². The van der Waals surface area contributed by atoms with Gasteiger partial charge >= 0.3 is 0 Å². The summed E-state index contributed by atoms with van der Waals surface area (Å²) in [6.07, 6.45) is 2.03. The van der Waals surface area contributed by atoms with Crippen LogP contribution in [0, 0.1) is 0 Å². The van der Waals surface area contributed by atoms with Crippen LogP contribution >= 0.6 is 0 Å². The standard InChI is InChI=1S/C9H19NO2/c1-10(2)8-9(11-3)4-6-12-7-5-9/h4-8H2,1-3H3. The summed E-state index contributed by atoms with van der Waals surface area (Å²) in [5.41, 5.74) is 0.0434. The maximum Gasteiger partial charge on any atom is 0.0848 e. The molecule has 0 spiro atoms. The quantitative estimate of drug-likeness (QED) is 0.628. The molecule has 1 fully saturated rings. The van der Waals surface area contributed by atoms with Gasteiger partial charge in [0.1, 0.15) is 0 Å². The number of nitrogens with zero attached hydrogens (tertiary/aromatic N) is 1. The minimum Gasteiger partial charge on any atom is -0.381 e. The molecule has 0 aromatic heterocycles. The normalized spacial score (nSPS) is 23.0. The van der Waals surface area contributed by atoms with Gasteiger partial charge in [0.15, 0.2) is 0 Å². The van der Waals surface area contributed by atoms with E-state index >= 15 is 0 Å². The van der Waals surface area contributed by atoms with Gasteiger partial charge in [-0.15, -0.1) is 0 Å². The van der Waals surface area contributed by atoms with E-state index in [0.717, 1.165) is 32.6 Å². The molecule has 1 rings (SSSR count). The van der Waals surface area contributed by atoms with Gasteiger partial charge in [-0.1, -0.05) is 0 Å². The molecule has 0 saturated carbocycles. The molecule has 3 heteroatoms. The highest BCUT2D eigenvalue weighted by Gasteiger charge is 2.32. The van der Waals surface area contributed by atoms with Gasteiger partial charge in [-0.2, -0.15) is 0 Å². The van der Waals surface area contributed by atoms with Gasteiger partial charge in [0.05, 0.1) is 5.60 Å². The Morgan fingerprint density at radius 2 is 1.92 bits per heavy atom. The molecule has 1 heterocycles. The number of hydrogen-bond donors (Lipinski definition) is 0. The van der Waals surface area contributed by atoms with Crippen LogP contribution in [-0.4, -0.2) is 51.5 Å². The van der Waals surface area contributed by atoms with E-state index in [1.165, 1.54) is 0 Å². The van der Waals surface area contributed by atoms with Crippen LogP contribution in [-0.2, 0) is 9.47 Å². The van der Waals surface area contributed by atoms with Crippen molar-refractivity contribution in [1.29, 1.82) is 0 Å². The highest BCUT2D eigenvalue weighted by Crippen LogP contribution is 2.24. The third-order valence-electron chi connectivity index (χ3n) is 2.44. The van der Waals surface area contributed by atoms with Gasteiger partial charge in [0, 0.05) is 39.7 Å². The first-order chi connectivity index (χ1) is 5.68. The SMILES string of the molecule is COC1(CN(C)C)CCOCC1. The summed E-state index contributed by atoms with van der Waals surface area (Å²) in [6.45, 7) is 2.66. The van der Waals surface area contributed by atoms with Crippen LogP contribution in [0.25, 0.3) is 0 Å². The van der Waals surface area contributed by atoms with Crippen molar-refractivity contribution in [2.24, 2.45) is 0 Å². The number of rotatable bonds is 3. The number of ether oxygens (including phenoxy) is 2. The van der Waals surface area contributed by atoms with Crippen molar-refractivity contribution in [1.82, 2.24) is 4.90 Å². The lowest BCUT2D eigenvalue weighted by molar-refractivity contribution is -0.0992. The summed E-state index contributed by atoms with van der Waals surface area (Å²) in [5, 5.41) is 0. The van der Waals surface area contributed by atoms with Crippen LogP contribution in [0.1, 0.15) is 12.8 Å². The maximum atomic E-state index is 5.57. The molecule has 0 aromatic carbocycles. The predicted molar refractivity (Wildman–Crippen MR) is 48.3 cm³/mol. The summed E-state index contributed by atoms with van der Waals surface area (Å²) in [7, 11) is 5.96. The second-order valence-electron chi connectivity index (χ2n) is 3.74. The van der Waals surface area contributed by atoms with Crippen molar-refractivity contribution in [2.45, 2.75) is 18.4 Å². The first-order valence-corrected chi connectivity index (χ1v) is 4.46. The molecular formula is C9H19NO2. The first kappa shape index (κ1) is 9.96. The fourth-order valence-corrected chi connectivity index (χ4v) is 1.75. The fraction of sp³-hybridized carbons (Fsp3) is 1.00. The van der Waals surface area contributed by atoms with E-state index in [9.17, 15) is 0 Å². The summed E-state index contributed by atoms with van der Waals surface area (Å²) in [6, 6.07) is 0. The van der Waals surface area contributed by atoms with Crippen molar-refractivity contribution in [2.75, 3.05) is 41.0 Å². The molecular weight excluding hydrogens is 154 g/mol. The summed E-state index contributed by atoms with van der Waals surface area (Å²) in [5.74, 6) is 0. The van der Waals surface area contributed by atoms with E-state index in [1.54, 1.807) is 7.11 Å². The second-order valence-corrected chi connectivity index (χ2v) is 3.74. The molecule has 0 atom stereocenters. The Bertz CT molecular complexity index is 130. The summed E-state index contributed by atoms with van der Waals surface area (Å²) >= 11 is 0. The lowest BCUT2D eigenvalue weighted by atomic mass is 9.93. The van der Waals surface area contributed by atoms with Gasteiger partial charge in [0.2, 0.25) is 0 Å². The van der Waals surface area contributed by atoms with E-state index in [0.29, 0.717) is 0 Å². The molecule has 0 amide bonds. The molecule has 72 valence electrons. The maximum absolute atomic E-state index is 5.57. The molecule has 1 aliphatic rings. The zero-order chi connectivity index (χ0) is 9.03. The zero-order valence-electron chi connectivity index (χ0n) is 8.30. The molecule has 0 bridgehead atoms. The number of hydrogen-bond acceptors (Lipinski definition) is 3. The Morgan fingerprint density at radius 3 is 2.33 bits per heavy atom. The van der Waals surface area contributed by atoms with Crippen LogP contribution in [0.4, 0.5) is 0 Å². The Balaban J connectivity index is 2.48. The van der Waals surface area contributed by atoms with Crippen molar-refractivity contribution in [3.63, 3.8) is 0 Å². The average molecular weight is 173 g/mol. The van der Waals surface area contributed by atoms with E-state index in [1.807, 2.05) is 0 Å². The number of likely N-dealkylation sites (N-methyl/N-ethyl adjacent to an activating group) is 1. The Hall–Kier alpha value is -0.120.